The highest BCUT2D eigenvalue weighted by molar-refractivity contribution is 7.51. The van der Waals surface area contributed by atoms with Crippen LogP contribution in [0.1, 0.15) is 6.42 Å². The maximum atomic E-state index is 10.3. The average Bonchev–Trinajstić information content (AvgIpc) is 1.96. The predicted octanol–water partition coefficient (Wildman–Crippen LogP) is 0.337. The zero-order chi connectivity index (χ0) is 9.61. The van der Waals surface area contributed by atoms with Gasteiger partial charge in [-0.3, -0.25) is 4.57 Å². The van der Waals surface area contributed by atoms with Gasteiger partial charge in [-0.15, -0.1) is 0 Å². The molecule has 0 aromatic rings. The first-order valence-corrected chi connectivity index (χ1v) is 5.01. The van der Waals surface area contributed by atoms with Gasteiger partial charge in [0.15, 0.2) is 0 Å². The second-order valence-electron chi connectivity index (χ2n) is 2.04. The standard InChI is InChI=1S/C5H11O6P/c1-10-5(6)11-3-2-4-12(7,8)9/h2-4H2,1H3,(H2,7,8,9). The van der Waals surface area contributed by atoms with Crippen molar-refractivity contribution in [3.05, 3.63) is 0 Å². The van der Waals surface area contributed by atoms with Crippen LogP contribution in [0.4, 0.5) is 4.79 Å². The van der Waals surface area contributed by atoms with E-state index in [-0.39, 0.29) is 19.2 Å². The van der Waals surface area contributed by atoms with Gasteiger partial charge in [-0.05, 0) is 6.42 Å². The number of hydrogen-bond acceptors (Lipinski definition) is 4. The van der Waals surface area contributed by atoms with E-state index in [1.807, 2.05) is 0 Å². The first kappa shape index (κ1) is 11.4. The van der Waals surface area contributed by atoms with Gasteiger partial charge in [0.2, 0.25) is 0 Å². The van der Waals surface area contributed by atoms with Crippen molar-refractivity contribution in [1.82, 2.24) is 0 Å². The average molecular weight is 198 g/mol. The van der Waals surface area contributed by atoms with E-state index in [0.717, 1.165) is 7.11 Å². The second-order valence-corrected chi connectivity index (χ2v) is 3.82. The molecular weight excluding hydrogens is 187 g/mol. The molecule has 0 saturated heterocycles. The molecule has 0 aliphatic heterocycles. The van der Waals surface area contributed by atoms with E-state index >= 15 is 0 Å². The Labute approximate surface area is 69.6 Å². The number of rotatable bonds is 4. The molecule has 0 rings (SSSR count). The summed E-state index contributed by atoms with van der Waals surface area (Å²) in [5.41, 5.74) is 0. The highest BCUT2D eigenvalue weighted by atomic mass is 31.2. The first-order chi connectivity index (χ1) is 5.45. The monoisotopic (exact) mass is 198 g/mol. The summed E-state index contributed by atoms with van der Waals surface area (Å²) in [6.45, 7) is -0.0439. The van der Waals surface area contributed by atoms with E-state index in [1.54, 1.807) is 0 Å². The van der Waals surface area contributed by atoms with Crippen molar-refractivity contribution >= 4 is 13.8 Å². The van der Waals surface area contributed by atoms with Gasteiger partial charge < -0.3 is 19.3 Å². The lowest BCUT2D eigenvalue weighted by Crippen LogP contribution is -2.06. The Morgan fingerprint density at radius 2 is 2.08 bits per heavy atom. The van der Waals surface area contributed by atoms with E-state index in [1.165, 1.54) is 0 Å². The van der Waals surface area contributed by atoms with Gasteiger partial charge >= 0.3 is 13.8 Å². The van der Waals surface area contributed by atoms with E-state index in [9.17, 15) is 9.36 Å². The lowest BCUT2D eigenvalue weighted by atomic mass is 10.5. The van der Waals surface area contributed by atoms with Crippen molar-refractivity contribution in [2.24, 2.45) is 0 Å². The van der Waals surface area contributed by atoms with Crippen molar-refractivity contribution in [1.29, 1.82) is 0 Å². The van der Waals surface area contributed by atoms with E-state index < -0.39 is 13.8 Å². The molecule has 12 heavy (non-hydrogen) atoms. The zero-order valence-corrected chi connectivity index (χ0v) is 7.49. The summed E-state index contributed by atoms with van der Waals surface area (Å²) >= 11 is 0. The molecule has 0 saturated carbocycles. The van der Waals surface area contributed by atoms with Gasteiger partial charge in [-0.25, -0.2) is 4.79 Å². The highest BCUT2D eigenvalue weighted by Crippen LogP contribution is 2.34. The minimum Gasteiger partial charge on any atom is -0.438 e. The topological polar surface area (TPSA) is 93.1 Å². The predicted molar refractivity (Wildman–Crippen MR) is 39.9 cm³/mol. The third-order valence-electron chi connectivity index (χ3n) is 0.980. The molecule has 0 radical (unpaired) electrons. The normalized spacial score (nSPS) is 10.9. The Morgan fingerprint density at radius 1 is 1.50 bits per heavy atom. The van der Waals surface area contributed by atoms with Crippen LogP contribution in [0.3, 0.4) is 0 Å². The number of carbonyl (C=O) groups excluding carboxylic acids is 1. The van der Waals surface area contributed by atoms with E-state index in [2.05, 4.69) is 9.47 Å². The fourth-order valence-corrected chi connectivity index (χ4v) is 1.03. The van der Waals surface area contributed by atoms with Crippen LogP contribution in [0, 0.1) is 0 Å². The Hall–Kier alpha value is -0.580. The molecule has 0 spiro atoms. The Bertz CT molecular complexity index is 184. The minimum absolute atomic E-state index is 0.0439. The number of carbonyl (C=O) groups is 1. The molecule has 6 nitrogen and oxygen atoms in total. The van der Waals surface area contributed by atoms with E-state index in [0.29, 0.717) is 0 Å². The molecule has 0 unspecified atom stereocenters. The molecule has 0 bridgehead atoms. The molecule has 0 aromatic carbocycles. The fraction of sp³-hybridized carbons (Fsp3) is 0.800. The molecule has 7 heteroatoms. The summed E-state index contributed by atoms with van der Waals surface area (Å²) in [6.07, 6.45) is -1.01. The SMILES string of the molecule is COC(=O)OCCCP(=O)(O)O. The van der Waals surface area contributed by atoms with Gasteiger partial charge in [0.25, 0.3) is 0 Å². The number of hydrogen-bond donors (Lipinski definition) is 2. The smallest absolute Gasteiger partial charge is 0.438 e. The molecule has 0 aliphatic carbocycles. The van der Waals surface area contributed by atoms with Crippen LogP contribution in [0.15, 0.2) is 0 Å². The lowest BCUT2D eigenvalue weighted by molar-refractivity contribution is 0.0726. The van der Waals surface area contributed by atoms with Gasteiger partial charge in [-0.1, -0.05) is 0 Å². The molecule has 0 aliphatic rings. The number of methoxy groups -OCH3 is 1. The Morgan fingerprint density at radius 3 is 2.50 bits per heavy atom. The molecular formula is C5H11O6P. The van der Waals surface area contributed by atoms with Crippen LogP contribution < -0.4 is 0 Å². The molecule has 2 N–H and O–H groups in total. The Balaban J connectivity index is 3.34. The third-order valence-corrected chi connectivity index (χ3v) is 1.88. The quantitative estimate of drug-likeness (QED) is 0.384. The lowest BCUT2D eigenvalue weighted by Gasteiger charge is -2.03. The van der Waals surface area contributed by atoms with Gasteiger partial charge in [0.05, 0.1) is 19.9 Å². The molecule has 72 valence electrons. The second kappa shape index (κ2) is 5.13. The maximum absolute atomic E-state index is 10.3. The van der Waals surface area contributed by atoms with Gasteiger partial charge in [0.1, 0.15) is 0 Å². The van der Waals surface area contributed by atoms with Crippen molar-refractivity contribution in [2.45, 2.75) is 6.42 Å². The first-order valence-electron chi connectivity index (χ1n) is 3.21. The summed E-state index contributed by atoms with van der Waals surface area (Å²) in [6, 6.07) is 0. The van der Waals surface area contributed by atoms with Crippen molar-refractivity contribution in [3.63, 3.8) is 0 Å². The molecule has 0 fully saturated rings. The maximum Gasteiger partial charge on any atom is 0.507 e. The van der Waals surface area contributed by atoms with Crippen LogP contribution in [-0.4, -0.2) is 35.8 Å². The zero-order valence-electron chi connectivity index (χ0n) is 6.60. The molecule has 0 heterocycles. The van der Waals surface area contributed by atoms with Gasteiger partial charge in [0, 0.05) is 0 Å². The van der Waals surface area contributed by atoms with Crippen molar-refractivity contribution in [2.75, 3.05) is 19.9 Å². The largest absolute Gasteiger partial charge is 0.507 e. The summed E-state index contributed by atoms with van der Waals surface area (Å²) in [4.78, 5) is 27.1. The number of ether oxygens (including phenoxy) is 2. The molecule has 0 aromatic heterocycles. The molecule has 0 amide bonds. The fourth-order valence-electron chi connectivity index (χ4n) is 0.485. The highest BCUT2D eigenvalue weighted by Gasteiger charge is 2.12. The van der Waals surface area contributed by atoms with Gasteiger partial charge in [-0.2, -0.15) is 0 Å². The van der Waals surface area contributed by atoms with Crippen LogP contribution in [0.25, 0.3) is 0 Å². The van der Waals surface area contributed by atoms with Crippen molar-refractivity contribution < 1.29 is 28.6 Å². The summed E-state index contributed by atoms with van der Waals surface area (Å²) in [5, 5.41) is 0. The summed E-state index contributed by atoms with van der Waals surface area (Å²) in [7, 11) is -2.81. The van der Waals surface area contributed by atoms with Crippen LogP contribution in [0.5, 0.6) is 0 Å². The van der Waals surface area contributed by atoms with E-state index in [4.69, 9.17) is 9.79 Å². The Kier molecular flexibility index (Phi) is 4.89. The van der Waals surface area contributed by atoms with Crippen LogP contribution in [-0.2, 0) is 14.0 Å². The summed E-state index contributed by atoms with van der Waals surface area (Å²) < 4.78 is 18.8. The minimum atomic E-state index is -3.97. The summed E-state index contributed by atoms with van der Waals surface area (Å²) in [5.74, 6) is 0. The molecule has 0 atom stereocenters. The third kappa shape index (κ3) is 7.53. The van der Waals surface area contributed by atoms with Crippen molar-refractivity contribution in [3.8, 4) is 0 Å². The van der Waals surface area contributed by atoms with Crippen LogP contribution >= 0.6 is 7.60 Å². The van der Waals surface area contributed by atoms with Crippen LogP contribution in [0.2, 0.25) is 0 Å².